The maximum atomic E-state index is 9.08. The lowest BCUT2D eigenvalue weighted by Crippen LogP contribution is -2.31. The Bertz CT molecular complexity index is 161. The third-order valence-corrected chi connectivity index (χ3v) is 3.67. The molecule has 2 unspecified atom stereocenters. The summed E-state index contributed by atoms with van der Waals surface area (Å²) >= 11 is 0. The Morgan fingerprint density at radius 2 is 2.13 bits per heavy atom. The summed E-state index contributed by atoms with van der Waals surface area (Å²) in [5.74, 6) is 0.545. The summed E-state index contributed by atoms with van der Waals surface area (Å²) in [7, 11) is 0. The summed E-state index contributed by atoms with van der Waals surface area (Å²) in [5.41, 5.74) is 0. The van der Waals surface area contributed by atoms with Crippen LogP contribution in [-0.4, -0.2) is 35.7 Å². The van der Waals surface area contributed by atoms with Crippen LogP contribution in [0.5, 0.6) is 0 Å². The molecule has 0 radical (unpaired) electrons. The molecule has 90 valence electrons. The molecule has 1 aliphatic rings. The van der Waals surface area contributed by atoms with Gasteiger partial charge in [0.1, 0.15) is 0 Å². The van der Waals surface area contributed by atoms with Gasteiger partial charge in [-0.1, -0.05) is 32.6 Å². The second-order valence-corrected chi connectivity index (χ2v) is 5.03. The highest BCUT2D eigenvalue weighted by atomic mass is 16.3. The fraction of sp³-hybridized carbons (Fsp3) is 1.00. The summed E-state index contributed by atoms with van der Waals surface area (Å²) in [5, 5.41) is 9.08. The Kier molecular flexibility index (Phi) is 6.26. The van der Waals surface area contributed by atoms with Crippen LogP contribution in [-0.2, 0) is 0 Å². The zero-order valence-corrected chi connectivity index (χ0v) is 10.4. The van der Waals surface area contributed by atoms with Gasteiger partial charge in [0.15, 0.2) is 0 Å². The van der Waals surface area contributed by atoms with Gasteiger partial charge in [-0.25, -0.2) is 0 Å². The number of hydrogen-bond donors (Lipinski definition) is 1. The van der Waals surface area contributed by atoms with E-state index in [-0.39, 0.29) is 0 Å². The van der Waals surface area contributed by atoms with Crippen molar-refractivity contribution < 1.29 is 5.11 Å². The molecule has 1 N–H and O–H groups in total. The minimum absolute atomic E-state index is 0.374. The van der Waals surface area contributed by atoms with Crippen LogP contribution in [0.3, 0.4) is 0 Å². The summed E-state index contributed by atoms with van der Waals surface area (Å²) < 4.78 is 0. The average Bonchev–Trinajstić information content (AvgIpc) is 2.72. The van der Waals surface area contributed by atoms with Crippen LogP contribution in [0.1, 0.15) is 52.4 Å². The molecular formula is C13H27NO. The normalized spacial score (nSPS) is 24.6. The van der Waals surface area contributed by atoms with Crippen LogP contribution in [0.4, 0.5) is 0 Å². The van der Waals surface area contributed by atoms with Gasteiger partial charge in [-0.3, -0.25) is 0 Å². The van der Waals surface area contributed by atoms with E-state index >= 15 is 0 Å². The molecule has 1 rings (SSSR count). The first-order chi connectivity index (χ1) is 7.27. The predicted molar refractivity (Wildman–Crippen MR) is 65.0 cm³/mol. The Hall–Kier alpha value is -0.0800. The first kappa shape index (κ1) is 13.0. The highest BCUT2D eigenvalue weighted by Crippen LogP contribution is 2.20. The van der Waals surface area contributed by atoms with Crippen molar-refractivity contribution in [2.45, 2.75) is 58.4 Å². The zero-order chi connectivity index (χ0) is 11.1. The molecule has 15 heavy (non-hydrogen) atoms. The largest absolute Gasteiger partial charge is 0.396 e. The smallest absolute Gasteiger partial charge is 0.0471 e. The Labute approximate surface area is 94.7 Å². The highest BCUT2D eigenvalue weighted by Gasteiger charge is 2.24. The monoisotopic (exact) mass is 213 g/mol. The molecular weight excluding hydrogens is 186 g/mol. The number of nitrogens with zero attached hydrogens (tertiary/aromatic N) is 1. The van der Waals surface area contributed by atoms with Crippen LogP contribution < -0.4 is 0 Å². The first-order valence-electron chi connectivity index (χ1n) is 6.62. The zero-order valence-electron chi connectivity index (χ0n) is 10.4. The van der Waals surface area contributed by atoms with Gasteiger partial charge in [-0.05, 0) is 32.2 Å². The molecule has 2 heteroatoms. The molecule has 0 aromatic rings. The Morgan fingerprint density at radius 1 is 1.33 bits per heavy atom. The van der Waals surface area contributed by atoms with Gasteiger partial charge in [0.25, 0.3) is 0 Å². The molecule has 0 bridgehead atoms. The second-order valence-electron chi connectivity index (χ2n) is 5.03. The number of aliphatic hydroxyl groups is 1. The fourth-order valence-electron chi connectivity index (χ4n) is 2.46. The number of likely N-dealkylation sites (tertiary alicyclic amines) is 1. The highest BCUT2D eigenvalue weighted by molar-refractivity contribution is 4.78. The van der Waals surface area contributed by atoms with Crippen molar-refractivity contribution in [1.29, 1.82) is 0 Å². The number of rotatable bonds is 7. The maximum Gasteiger partial charge on any atom is 0.0471 e. The lowest BCUT2D eigenvalue weighted by molar-refractivity contribution is 0.198. The summed E-state index contributed by atoms with van der Waals surface area (Å²) in [4.78, 5) is 2.55. The van der Waals surface area contributed by atoms with Crippen LogP contribution in [0.25, 0.3) is 0 Å². The minimum Gasteiger partial charge on any atom is -0.396 e. The molecule has 0 saturated carbocycles. The molecule has 2 nitrogen and oxygen atoms in total. The summed E-state index contributed by atoms with van der Waals surface area (Å²) in [6.45, 7) is 7.28. The first-order valence-corrected chi connectivity index (χ1v) is 6.62. The quantitative estimate of drug-likeness (QED) is 0.657. The number of unbranched alkanes of at least 4 members (excludes halogenated alkanes) is 3. The summed E-state index contributed by atoms with van der Waals surface area (Å²) in [6.07, 6.45) is 7.98. The third kappa shape index (κ3) is 4.52. The van der Waals surface area contributed by atoms with Crippen molar-refractivity contribution in [3.63, 3.8) is 0 Å². The van der Waals surface area contributed by atoms with Crippen LogP contribution in [0.15, 0.2) is 0 Å². The molecule has 0 amide bonds. The van der Waals surface area contributed by atoms with Gasteiger partial charge in [-0.15, -0.1) is 0 Å². The van der Waals surface area contributed by atoms with Gasteiger partial charge in [0.2, 0.25) is 0 Å². The SMILES string of the molecule is CCCCCCC(C)N1CCC(CO)C1. The van der Waals surface area contributed by atoms with E-state index in [1.807, 2.05) is 0 Å². The molecule has 0 spiro atoms. The van der Waals surface area contributed by atoms with E-state index in [2.05, 4.69) is 18.7 Å². The topological polar surface area (TPSA) is 23.5 Å². The van der Waals surface area contributed by atoms with E-state index in [0.717, 1.165) is 12.6 Å². The summed E-state index contributed by atoms with van der Waals surface area (Å²) in [6, 6.07) is 0.721. The van der Waals surface area contributed by atoms with E-state index in [4.69, 9.17) is 5.11 Å². The van der Waals surface area contributed by atoms with Crippen molar-refractivity contribution in [1.82, 2.24) is 4.90 Å². The average molecular weight is 213 g/mol. The Morgan fingerprint density at radius 3 is 2.73 bits per heavy atom. The van der Waals surface area contributed by atoms with Crippen LogP contribution in [0.2, 0.25) is 0 Å². The maximum absolute atomic E-state index is 9.08. The van der Waals surface area contributed by atoms with Crippen molar-refractivity contribution in [2.24, 2.45) is 5.92 Å². The van der Waals surface area contributed by atoms with Crippen molar-refractivity contribution in [3.05, 3.63) is 0 Å². The molecule has 0 aromatic heterocycles. The van der Waals surface area contributed by atoms with Gasteiger partial charge in [0, 0.05) is 19.2 Å². The van der Waals surface area contributed by atoms with E-state index in [1.54, 1.807) is 0 Å². The number of hydrogen-bond acceptors (Lipinski definition) is 2. The van der Waals surface area contributed by atoms with Crippen LogP contribution in [0, 0.1) is 5.92 Å². The standard InChI is InChI=1S/C13H27NO/c1-3-4-5-6-7-12(2)14-9-8-13(10-14)11-15/h12-13,15H,3-11H2,1-2H3. The van der Waals surface area contributed by atoms with Gasteiger partial charge in [0.05, 0.1) is 0 Å². The van der Waals surface area contributed by atoms with Crippen molar-refractivity contribution >= 4 is 0 Å². The van der Waals surface area contributed by atoms with E-state index in [0.29, 0.717) is 12.5 Å². The van der Waals surface area contributed by atoms with Gasteiger partial charge < -0.3 is 10.0 Å². The number of aliphatic hydroxyl groups excluding tert-OH is 1. The third-order valence-electron chi connectivity index (χ3n) is 3.67. The molecule has 1 fully saturated rings. The van der Waals surface area contributed by atoms with Crippen molar-refractivity contribution in [3.8, 4) is 0 Å². The molecule has 1 aliphatic heterocycles. The minimum atomic E-state index is 0.374. The van der Waals surface area contributed by atoms with E-state index < -0.39 is 0 Å². The van der Waals surface area contributed by atoms with Gasteiger partial charge in [-0.2, -0.15) is 0 Å². The Balaban J connectivity index is 2.09. The van der Waals surface area contributed by atoms with Crippen LogP contribution >= 0.6 is 0 Å². The molecule has 1 heterocycles. The van der Waals surface area contributed by atoms with Crippen molar-refractivity contribution in [2.75, 3.05) is 19.7 Å². The lowest BCUT2D eigenvalue weighted by atomic mass is 10.1. The van der Waals surface area contributed by atoms with Gasteiger partial charge >= 0.3 is 0 Å². The fourth-order valence-corrected chi connectivity index (χ4v) is 2.46. The second kappa shape index (κ2) is 7.24. The van der Waals surface area contributed by atoms with E-state index in [9.17, 15) is 0 Å². The lowest BCUT2D eigenvalue weighted by Gasteiger charge is -2.24. The molecule has 0 aliphatic carbocycles. The van der Waals surface area contributed by atoms with E-state index in [1.165, 1.54) is 45.1 Å². The molecule has 1 saturated heterocycles. The molecule has 0 aromatic carbocycles. The molecule has 2 atom stereocenters. The predicted octanol–water partition coefficient (Wildman–Crippen LogP) is 2.66.